The first-order valence-corrected chi connectivity index (χ1v) is 5.16. The van der Waals surface area contributed by atoms with E-state index in [1.54, 1.807) is 7.11 Å². The van der Waals surface area contributed by atoms with Crippen molar-refractivity contribution in [3.8, 4) is 0 Å². The number of ether oxygens (including phenoxy) is 1. The Balaban J connectivity index is 2.24. The van der Waals surface area contributed by atoms with Crippen molar-refractivity contribution in [1.29, 1.82) is 0 Å². The fourth-order valence-electron chi connectivity index (χ4n) is 1.21. The SMILES string of the molecule is COCc1nc(Cl)c(N)c(NC2CC2)n1. The quantitative estimate of drug-likeness (QED) is 0.763. The third kappa shape index (κ3) is 2.49. The molecule has 15 heavy (non-hydrogen) atoms. The lowest BCUT2D eigenvalue weighted by atomic mass is 10.4. The summed E-state index contributed by atoms with van der Waals surface area (Å²) in [5.74, 6) is 1.16. The highest BCUT2D eigenvalue weighted by Crippen LogP contribution is 2.29. The first kappa shape index (κ1) is 10.4. The molecular formula is C9H13ClN4O. The molecule has 0 saturated heterocycles. The lowest BCUT2D eigenvalue weighted by Crippen LogP contribution is -2.10. The summed E-state index contributed by atoms with van der Waals surface area (Å²) in [6, 6.07) is 0.480. The topological polar surface area (TPSA) is 73.1 Å². The van der Waals surface area contributed by atoms with E-state index in [1.807, 2.05) is 0 Å². The zero-order valence-electron chi connectivity index (χ0n) is 8.46. The van der Waals surface area contributed by atoms with Crippen LogP contribution in [0.15, 0.2) is 0 Å². The van der Waals surface area contributed by atoms with Crippen LogP contribution in [0.25, 0.3) is 0 Å². The number of halogens is 1. The predicted octanol–water partition coefficient (Wildman–Crippen LogP) is 1.43. The number of hydrogen-bond donors (Lipinski definition) is 2. The third-order valence-corrected chi connectivity index (χ3v) is 2.43. The van der Waals surface area contributed by atoms with Gasteiger partial charge in [0.25, 0.3) is 0 Å². The molecule has 0 amide bonds. The number of nitrogens with two attached hydrogens (primary N) is 1. The van der Waals surface area contributed by atoms with Gasteiger partial charge in [0.1, 0.15) is 12.3 Å². The third-order valence-electron chi connectivity index (χ3n) is 2.14. The Morgan fingerprint density at radius 2 is 2.27 bits per heavy atom. The second-order valence-corrected chi connectivity index (χ2v) is 3.90. The predicted molar refractivity (Wildman–Crippen MR) is 58.8 cm³/mol. The van der Waals surface area contributed by atoms with Gasteiger partial charge in [0.2, 0.25) is 0 Å². The highest BCUT2D eigenvalue weighted by atomic mass is 35.5. The van der Waals surface area contributed by atoms with Crippen LogP contribution >= 0.6 is 11.6 Å². The summed E-state index contributed by atoms with van der Waals surface area (Å²) < 4.78 is 4.95. The van der Waals surface area contributed by atoms with Crippen LogP contribution in [0.3, 0.4) is 0 Å². The fourth-order valence-corrected chi connectivity index (χ4v) is 1.40. The molecule has 1 aliphatic rings. The van der Waals surface area contributed by atoms with Crippen molar-refractivity contribution in [2.24, 2.45) is 0 Å². The summed E-state index contributed by atoms with van der Waals surface area (Å²) in [5, 5.41) is 3.49. The average molecular weight is 229 g/mol. The lowest BCUT2D eigenvalue weighted by Gasteiger charge is -2.09. The van der Waals surface area contributed by atoms with E-state index in [2.05, 4.69) is 15.3 Å². The smallest absolute Gasteiger partial charge is 0.158 e. The molecule has 82 valence electrons. The summed E-state index contributed by atoms with van der Waals surface area (Å²) in [7, 11) is 1.58. The van der Waals surface area contributed by atoms with Crippen LogP contribution in [0, 0.1) is 0 Å². The Kier molecular flexibility index (Phi) is 2.93. The van der Waals surface area contributed by atoms with Crippen LogP contribution in [0.2, 0.25) is 5.15 Å². The van der Waals surface area contributed by atoms with Gasteiger partial charge in [-0.25, -0.2) is 9.97 Å². The van der Waals surface area contributed by atoms with Crippen LogP contribution in [0.5, 0.6) is 0 Å². The fraction of sp³-hybridized carbons (Fsp3) is 0.556. The molecule has 0 unspecified atom stereocenters. The van der Waals surface area contributed by atoms with Gasteiger partial charge in [0.15, 0.2) is 16.8 Å². The molecule has 1 aromatic rings. The van der Waals surface area contributed by atoms with Crippen molar-refractivity contribution >= 4 is 23.1 Å². The number of nitrogens with zero attached hydrogens (tertiary/aromatic N) is 2. The molecule has 2 rings (SSSR count). The van der Waals surface area contributed by atoms with Crippen molar-refractivity contribution in [2.45, 2.75) is 25.5 Å². The molecule has 6 heteroatoms. The van der Waals surface area contributed by atoms with Crippen molar-refractivity contribution in [2.75, 3.05) is 18.2 Å². The van der Waals surface area contributed by atoms with Crippen LogP contribution in [-0.2, 0) is 11.3 Å². The molecule has 3 N–H and O–H groups in total. The molecule has 0 aromatic carbocycles. The molecule has 5 nitrogen and oxygen atoms in total. The first-order chi connectivity index (χ1) is 7.20. The van der Waals surface area contributed by atoms with Crippen molar-refractivity contribution in [3.63, 3.8) is 0 Å². The summed E-state index contributed by atoms with van der Waals surface area (Å²) >= 11 is 5.89. The minimum absolute atomic E-state index is 0.278. The zero-order chi connectivity index (χ0) is 10.8. The second kappa shape index (κ2) is 4.20. The van der Waals surface area contributed by atoms with Crippen molar-refractivity contribution in [1.82, 2.24) is 9.97 Å². The molecule has 1 aromatic heterocycles. The molecule has 1 saturated carbocycles. The highest BCUT2D eigenvalue weighted by Gasteiger charge is 2.23. The minimum atomic E-state index is 0.278. The summed E-state index contributed by atoms with van der Waals surface area (Å²) in [4.78, 5) is 8.26. The summed E-state index contributed by atoms with van der Waals surface area (Å²) in [5.41, 5.74) is 6.17. The van der Waals surface area contributed by atoms with Gasteiger partial charge in [-0.2, -0.15) is 0 Å². The van der Waals surface area contributed by atoms with E-state index in [1.165, 1.54) is 0 Å². The number of nitrogens with one attached hydrogen (secondary N) is 1. The Morgan fingerprint density at radius 1 is 1.53 bits per heavy atom. The molecule has 1 fully saturated rings. The maximum absolute atomic E-state index is 5.89. The van der Waals surface area contributed by atoms with Gasteiger partial charge in [-0.3, -0.25) is 0 Å². The Bertz CT molecular complexity index is 367. The summed E-state index contributed by atoms with van der Waals surface area (Å²) in [6.07, 6.45) is 2.31. The number of hydrogen-bond acceptors (Lipinski definition) is 5. The van der Waals surface area contributed by atoms with E-state index in [9.17, 15) is 0 Å². The normalized spacial score (nSPS) is 15.3. The van der Waals surface area contributed by atoms with E-state index in [0.29, 0.717) is 30.0 Å². The Hall–Kier alpha value is -1.07. The van der Waals surface area contributed by atoms with Crippen LogP contribution < -0.4 is 11.1 Å². The summed E-state index contributed by atoms with van der Waals surface area (Å²) in [6.45, 7) is 0.333. The first-order valence-electron chi connectivity index (χ1n) is 4.78. The highest BCUT2D eigenvalue weighted by molar-refractivity contribution is 6.32. The standard InChI is InChI=1S/C9H13ClN4O/c1-15-4-6-13-8(10)7(11)9(14-6)12-5-2-3-5/h5H,2-4,11H2,1H3,(H,12,13,14). The van der Waals surface area contributed by atoms with Gasteiger partial charge in [-0.05, 0) is 12.8 Å². The molecule has 0 spiro atoms. The number of methoxy groups -OCH3 is 1. The monoisotopic (exact) mass is 228 g/mol. The largest absolute Gasteiger partial charge is 0.393 e. The van der Waals surface area contributed by atoms with E-state index in [0.717, 1.165) is 12.8 Å². The molecule has 1 heterocycles. The van der Waals surface area contributed by atoms with E-state index >= 15 is 0 Å². The van der Waals surface area contributed by atoms with Crippen molar-refractivity contribution < 1.29 is 4.74 Å². The second-order valence-electron chi connectivity index (χ2n) is 3.54. The zero-order valence-corrected chi connectivity index (χ0v) is 9.21. The van der Waals surface area contributed by atoms with Gasteiger partial charge >= 0.3 is 0 Å². The van der Waals surface area contributed by atoms with Gasteiger partial charge in [0.05, 0.1) is 0 Å². The molecule has 1 aliphatic carbocycles. The van der Waals surface area contributed by atoms with Crippen LogP contribution in [0.4, 0.5) is 11.5 Å². The number of rotatable bonds is 4. The Labute approximate surface area is 93.0 Å². The lowest BCUT2D eigenvalue weighted by molar-refractivity contribution is 0.178. The molecule has 0 bridgehead atoms. The van der Waals surface area contributed by atoms with E-state index < -0.39 is 0 Å². The van der Waals surface area contributed by atoms with Gasteiger partial charge < -0.3 is 15.8 Å². The van der Waals surface area contributed by atoms with Crippen LogP contribution in [0.1, 0.15) is 18.7 Å². The van der Waals surface area contributed by atoms with E-state index in [-0.39, 0.29) is 5.15 Å². The molecule has 0 aliphatic heterocycles. The number of anilines is 2. The van der Waals surface area contributed by atoms with Crippen molar-refractivity contribution in [3.05, 3.63) is 11.0 Å². The molecule has 0 atom stereocenters. The Morgan fingerprint density at radius 3 is 2.87 bits per heavy atom. The maximum Gasteiger partial charge on any atom is 0.158 e. The maximum atomic E-state index is 5.89. The number of nitrogen functional groups attached to an aromatic ring is 1. The van der Waals surface area contributed by atoms with Gasteiger partial charge in [-0.15, -0.1) is 0 Å². The van der Waals surface area contributed by atoms with Gasteiger partial charge in [0, 0.05) is 13.2 Å². The van der Waals surface area contributed by atoms with Gasteiger partial charge in [-0.1, -0.05) is 11.6 Å². The van der Waals surface area contributed by atoms with Crippen LogP contribution in [-0.4, -0.2) is 23.1 Å². The average Bonchev–Trinajstić information content (AvgIpc) is 2.98. The minimum Gasteiger partial charge on any atom is -0.393 e. The van der Waals surface area contributed by atoms with E-state index in [4.69, 9.17) is 22.1 Å². The number of aromatic nitrogens is 2. The molecular weight excluding hydrogens is 216 g/mol. The molecule has 0 radical (unpaired) electrons.